The smallest absolute Gasteiger partial charge is 0.247 e. The molecule has 10 atom stereocenters. The topological polar surface area (TPSA) is 154 Å². The van der Waals surface area contributed by atoms with E-state index in [1.165, 1.54) is 30.3 Å². The summed E-state index contributed by atoms with van der Waals surface area (Å²) in [5.41, 5.74) is 1.08. The number of aliphatic hydroxyl groups is 1. The number of aliphatic hydroxyl groups excluding tert-OH is 1. The Kier molecular flexibility index (Phi) is 18.2. The lowest BCUT2D eigenvalue weighted by Gasteiger charge is -2.41. The molecule has 14 heteroatoms. The summed E-state index contributed by atoms with van der Waals surface area (Å²) >= 11 is 1.49. The molecule has 0 bridgehead atoms. The van der Waals surface area contributed by atoms with Gasteiger partial charge in [-0.15, -0.1) is 11.3 Å². The maximum absolute atomic E-state index is 14.3. The van der Waals surface area contributed by atoms with Crippen LogP contribution in [0.25, 0.3) is 0 Å². The van der Waals surface area contributed by atoms with Crippen molar-refractivity contribution in [3.63, 3.8) is 0 Å². The number of rotatable bonds is 21. The zero-order valence-corrected chi connectivity index (χ0v) is 35.5. The molecule has 0 aliphatic carbocycles. The van der Waals surface area contributed by atoms with E-state index < -0.39 is 48.3 Å². The van der Waals surface area contributed by atoms with Gasteiger partial charge in [-0.05, 0) is 57.7 Å². The number of carbonyl (C=O) groups is 4. The highest BCUT2D eigenvalue weighted by atomic mass is 32.1. The summed E-state index contributed by atoms with van der Waals surface area (Å²) < 4.78 is 12.0. The van der Waals surface area contributed by atoms with Crippen molar-refractivity contribution >= 4 is 35.0 Å². The molecule has 1 fully saturated rings. The first-order valence-corrected chi connectivity index (χ1v) is 20.5. The highest BCUT2D eigenvalue weighted by molar-refractivity contribution is 7.09. The first-order chi connectivity index (χ1) is 26.1. The lowest BCUT2D eigenvalue weighted by atomic mass is 9.89. The Morgan fingerprint density at radius 3 is 2.20 bits per heavy atom. The number of ether oxygens (including phenoxy) is 2. The summed E-state index contributed by atoms with van der Waals surface area (Å²) in [5, 5.41) is 19.5. The van der Waals surface area contributed by atoms with Crippen LogP contribution < -0.4 is 10.6 Å². The summed E-state index contributed by atoms with van der Waals surface area (Å²) in [7, 11) is 8.35. The third-order valence-electron chi connectivity index (χ3n) is 11.1. The van der Waals surface area contributed by atoms with E-state index in [0.717, 1.165) is 17.0 Å². The molecule has 308 valence electrons. The quantitative estimate of drug-likeness (QED) is 0.171. The zero-order valence-electron chi connectivity index (χ0n) is 34.7. The van der Waals surface area contributed by atoms with Crippen molar-refractivity contribution < 1.29 is 33.8 Å². The van der Waals surface area contributed by atoms with Crippen molar-refractivity contribution in [2.75, 3.05) is 41.9 Å². The van der Waals surface area contributed by atoms with Gasteiger partial charge < -0.3 is 35.0 Å². The van der Waals surface area contributed by atoms with Gasteiger partial charge in [0.1, 0.15) is 11.0 Å². The van der Waals surface area contributed by atoms with Crippen LogP contribution in [0.15, 0.2) is 41.9 Å². The monoisotopic (exact) mass is 786 g/mol. The number of amides is 4. The minimum absolute atomic E-state index is 0.0123. The number of likely N-dealkylation sites (N-methyl/N-ethyl adjacent to an activating group) is 2. The molecule has 1 aromatic heterocycles. The van der Waals surface area contributed by atoms with E-state index >= 15 is 0 Å². The van der Waals surface area contributed by atoms with E-state index in [1.807, 2.05) is 70.3 Å². The minimum atomic E-state index is -1.19. The molecule has 4 amide bonds. The number of thiazole rings is 1. The number of hydrogen-bond acceptors (Lipinski definition) is 10. The number of hydrogen-bond donors (Lipinski definition) is 3. The molecule has 3 rings (SSSR count). The minimum Gasteiger partial charge on any atom is -0.391 e. The van der Waals surface area contributed by atoms with Gasteiger partial charge in [0.05, 0.1) is 54.8 Å². The van der Waals surface area contributed by atoms with Crippen molar-refractivity contribution in [3.8, 4) is 0 Å². The van der Waals surface area contributed by atoms with Gasteiger partial charge in [0, 0.05) is 39.4 Å². The highest BCUT2D eigenvalue weighted by Gasteiger charge is 2.43. The molecule has 0 spiro atoms. The number of carbonyl (C=O) groups excluding carboxylic acids is 4. The molecular formula is C41H66N6O7S. The molecule has 3 N–H and O–H groups in total. The first kappa shape index (κ1) is 46.0. The number of likely N-dealkylation sites (tertiary alicyclic amines) is 1. The first-order valence-electron chi connectivity index (χ1n) is 19.6. The Balaban J connectivity index is 1.79. The normalized spacial score (nSPS) is 19.5. The average molecular weight is 787 g/mol. The van der Waals surface area contributed by atoms with Gasteiger partial charge in [0.25, 0.3) is 0 Å². The predicted octanol–water partition coefficient (Wildman–Crippen LogP) is 3.92. The van der Waals surface area contributed by atoms with Gasteiger partial charge in [0.15, 0.2) is 0 Å². The lowest BCUT2D eigenvalue weighted by Crippen LogP contribution is -2.61. The zero-order chi connectivity index (χ0) is 41.0. The molecule has 2 aromatic rings. The fourth-order valence-electron chi connectivity index (χ4n) is 8.05. The molecular weight excluding hydrogens is 721 g/mol. The molecule has 1 aliphatic heterocycles. The number of benzene rings is 1. The standard InChI is InChI=1S/C41H66N6O7S/c1-12-26(4)36(46(9)41(52)34(28(6)48)44-39(51)35(25(2)3)45(7)8)32(53-10)24-33(49)47-21-16-19-31(47)37(54-11)27(5)38(50)43-30(40-42-20-22-55-40)23-29-17-14-13-15-18-29/h13-15,17-18,20,22,25-28,30-32,34-37,48H,12,16,19,21,23-24H2,1-11H3,(H,43,50)(H,44,51)/t26-,27+,28-,30-,31-,32+,34-,35-,36-,37+/m0/s1. The van der Waals surface area contributed by atoms with Gasteiger partial charge in [0.2, 0.25) is 23.6 Å². The van der Waals surface area contributed by atoms with Crippen LogP contribution in [0.1, 0.15) is 83.8 Å². The Labute approximate surface area is 332 Å². The highest BCUT2D eigenvalue weighted by Crippen LogP contribution is 2.30. The summed E-state index contributed by atoms with van der Waals surface area (Å²) in [6.07, 6.45) is 2.01. The largest absolute Gasteiger partial charge is 0.391 e. The van der Waals surface area contributed by atoms with E-state index in [9.17, 15) is 24.3 Å². The molecule has 1 aliphatic rings. The number of methoxy groups -OCH3 is 2. The second kappa shape index (κ2) is 21.8. The number of nitrogens with one attached hydrogen (secondary N) is 2. The van der Waals surface area contributed by atoms with Crippen LogP contribution in [0.2, 0.25) is 0 Å². The van der Waals surface area contributed by atoms with Gasteiger partial charge in [-0.2, -0.15) is 0 Å². The van der Waals surface area contributed by atoms with Crippen LogP contribution in [0.4, 0.5) is 0 Å². The third-order valence-corrected chi connectivity index (χ3v) is 12.0. The van der Waals surface area contributed by atoms with Crippen LogP contribution in [0.3, 0.4) is 0 Å². The van der Waals surface area contributed by atoms with E-state index in [2.05, 4.69) is 15.6 Å². The molecule has 1 aromatic carbocycles. The fraction of sp³-hybridized carbons (Fsp3) is 0.683. The predicted molar refractivity (Wildman–Crippen MR) is 215 cm³/mol. The second-order valence-corrected chi connectivity index (χ2v) is 16.5. The van der Waals surface area contributed by atoms with Crippen LogP contribution >= 0.6 is 11.3 Å². The summed E-state index contributed by atoms with van der Waals surface area (Å²) in [4.78, 5) is 65.2. The van der Waals surface area contributed by atoms with Gasteiger partial charge in [-0.3, -0.25) is 24.1 Å². The van der Waals surface area contributed by atoms with Crippen molar-refractivity contribution in [1.82, 2.24) is 30.3 Å². The van der Waals surface area contributed by atoms with E-state index in [1.54, 1.807) is 44.2 Å². The molecule has 13 nitrogen and oxygen atoms in total. The van der Waals surface area contributed by atoms with Crippen LogP contribution in [0, 0.1) is 17.8 Å². The van der Waals surface area contributed by atoms with E-state index in [0.29, 0.717) is 25.8 Å². The van der Waals surface area contributed by atoms with E-state index in [4.69, 9.17) is 9.47 Å². The van der Waals surface area contributed by atoms with Crippen molar-refractivity contribution in [2.45, 2.75) is 122 Å². The maximum Gasteiger partial charge on any atom is 0.247 e. The lowest BCUT2D eigenvalue weighted by molar-refractivity contribution is -0.149. The third kappa shape index (κ3) is 12.0. The van der Waals surface area contributed by atoms with Crippen molar-refractivity contribution in [2.24, 2.45) is 17.8 Å². The SMILES string of the molecule is CC[C@H](C)[C@@H]([C@@H](CC(=O)N1CCC[C@H]1[C@H](OC)[C@@H](C)C(=O)N[C@@H](Cc1ccccc1)c1nccs1)OC)N(C)C(=O)[C@@H](NC(=O)[C@H](C(C)C)N(C)C)[C@H](C)O. The van der Waals surface area contributed by atoms with Crippen LogP contribution in [-0.4, -0.2) is 133 Å². The van der Waals surface area contributed by atoms with Crippen LogP contribution in [-0.2, 0) is 35.1 Å². The van der Waals surface area contributed by atoms with Gasteiger partial charge in [-0.25, -0.2) is 4.98 Å². The Bertz CT molecular complexity index is 1490. The van der Waals surface area contributed by atoms with Crippen molar-refractivity contribution in [1.29, 1.82) is 0 Å². The second-order valence-electron chi connectivity index (χ2n) is 15.6. The number of nitrogens with zero attached hydrogens (tertiary/aromatic N) is 4. The molecule has 0 radical (unpaired) electrons. The Morgan fingerprint density at radius 1 is 1.00 bits per heavy atom. The molecule has 55 heavy (non-hydrogen) atoms. The summed E-state index contributed by atoms with van der Waals surface area (Å²) in [5.74, 6) is -1.85. The van der Waals surface area contributed by atoms with Gasteiger partial charge in [-0.1, -0.05) is 71.4 Å². The summed E-state index contributed by atoms with van der Waals surface area (Å²) in [6, 6.07) is 7.06. The number of aromatic nitrogens is 1. The summed E-state index contributed by atoms with van der Waals surface area (Å²) in [6.45, 7) is 11.7. The van der Waals surface area contributed by atoms with Crippen molar-refractivity contribution in [3.05, 3.63) is 52.5 Å². The average Bonchev–Trinajstić information content (AvgIpc) is 3.87. The Morgan fingerprint density at radius 2 is 1.67 bits per heavy atom. The molecule has 0 unspecified atom stereocenters. The Hall–Kier alpha value is -3.43. The van der Waals surface area contributed by atoms with E-state index in [-0.39, 0.29) is 48.1 Å². The molecule has 2 heterocycles. The maximum atomic E-state index is 14.3. The fourth-order valence-corrected chi connectivity index (χ4v) is 8.74. The molecule has 0 saturated carbocycles. The van der Waals surface area contributed by atoms with Gasteiger partial charge >= 0.3 is 0 Å². The molecule has 1 saturated heterocycles. The van der Waals surface area contributed by atoms with Crippen LogP contribution in [0.5, 0.6) is 0 Å².